The van der Waals surface area contributed by atoms with E-state index in [1.54, 1.807) is 13.8 Å². The Bertz CT molecular complexity index is 987. The fourth-order valence-corrected chi connectivity index (χ4v) is 9.93. The lowest BCUT2D eigenvalue weighted by atomic mass is 9.44. The molecule has 4 aliphatic carbocycles. The number of carbonyl (C=O) groups excluding carboxylic acids is 4. The van der Waals surface area contributed by atoms with E-state index in [2.05, 4.69) is 20.8 Å². The normalized spacial score (nSPS) is 38.2. The van der Waals surface area contributed by atoms with Crippen LogP contribution in [-0.2, 0) is 33.4 Å². The molecule has 0 amide bonds. The van der Waals surface area contributed by atoms with E-state index >= 15 is 0 Å². The fraction of sp³-hybridized carbons (Fsp3) is 0.879. The molecule has 0 heterocycles. The molecule has 0 spiro atoms. The molecular weight excluding hydrogens is 508 g/mol. The molecule has 4 rings (SSSR count). The number of rotatable bonds is 8. The van der Waals surface area contributed by atoms with Crippen LogP contribution in [0.15, 0.2) is 0 Å². The number of fused-ring (bicyclic) bond motifs is 5. The highest BCUT2D eigenvalue weighted by molar-refractivity contribution is 5.79. The zero-order valence-electron chi connectivity index (χ0n) is 26.0. The number of ether oxygens (including phenoxy) is 3. The largest absolute Gasteiger partial charge is 0.462 e. The maximum Gasteiger partial charge on any atom is 0.319 e. The molecule has 4 fully saturated rings. The van der Waals surface area contributed by atoms with E-state index in [0.717, 1.165) is 43.8 Å². The lowest BCUT2D eigenvalue weighted by Gasteiger charge is -2.61. The van der Waals surface area contributed by atoms with Crippen LogP contribution >= 0.6 is 0 Å². The predicted molar refractivity (Wildman–Crippen MR) is 151 cm³/mol. The van der Waals surface area contributed by atoms with Gasteiger partial charge in [-0.2, -0.15) is 0 Å². The molecule has 0 aromatic heterocycles. The highest BCUT2D eigenvalue weighted by Crippen LogP contribution is 2.68. The summed E-state index contributed by atoms with van der Waals surface area (Å²) in [6.45, 7) is 14.4. The van der Waals surface area contributed by atoms with Gasteiger partial charge in [0.1, 0.15) is 17.8 Å². The average molecular weight is 561 g/mol. The van der Waals surface area contributed by atoms with Crippen molar-refractivity contribution in [2.75, 3.05) is 0 Å². The van der Waals surface area contributed by atoms with E-state index < -0.39 is 29.1 Å². The number of carbonyl (C=O) groups is 4. The Morgan fingerprint density at radius 3 is 2.08 bits per heavy atom. The summed E-state index contributed by atoms with van der Waals surface area (Å²) in [6, 6.07) is 0. The first-order valence-corrected chi connectivity index (χ1v) is 15.6. The SMILES string of the molecule is CC(=O)OC(C)(OC(C)=O)C(C)(C)C(=O)O[C@@H]1CC[C@]2(C)C3CC[C@@]4(C)C(CC[C@@H]4C(C)CC=O)C3CC[C@@H]2C1. The van der Waals surface area contributed by atoms with Gasteiger partial charge in [-0.05, 0) is 118 Å². The highest BCUT2D eigenvalue weighted by Gasteiger charge is 2.61. The first-order chi connectivity index (χ1) is 18.6. The van der Waals surface area contributed by atoms with Crippen LogP contribution < -0.4 is 0 Å². The summed E-state index contributed by atoms with van der Waals surface area (Å²) in [6.07, 6.45) is 11.8. The first-order valence-electron chi connectivity index (χ1n) is 15.6. The Kier molecular flexibility index (Phi) is 8.57. The minimum atomic E-state index is -1.76. The van der Waals surface area contributed by atoms with Crippen molar-refractivity contribution in [3.63, 3.8) is 0 Å². The van der Waals surface area contributed by atoms with Crippen molar-refractivity contribution in [2.45, 2.75) is 131 Å². The van der Waals surface area contributed by atoms with E-state index in [9.17, 15) is 19.2 Å². The van der Waals surface area contributed by atoms with Gasteiger partial charge in [-0.25, -0.2) is 0 Å². The Labute approximate surface area is 240 Å². The molecule has 4 aliphatic rings. The van der Waals surface area contributed by atoms with Crippen molar-refractivity contribution in [2.24, 2.45) is 51.8 Å². The number of hydrogen-bond acceptors (Lipinski definition) is 7. The van der Waals surface area contributed by atoms with Crippen molar-refractivity contribution in [1.29, 1.82) is 0 Å². The summed E-state index contributed by atoms with van der Waals surface area (Å²) < 4.78 is 16.8. The number of aldehydes is 1. The van der Waals surface area contributed by atoms with Gasteiger partial charge in [0.05, 0.1) is 0 Å². The van der Waals surface area contributed by atoms with Crippen LogP contribution in [0.5, 0.6) is 0 Å². The lowest BCUT2D eigenvalue weighted by molar-refractivity contribution is -0.260. The molecule has 226 valence electrons. The molecule has 0 aromatic carbocycles. The van der Waals surface area contributed by atoms with Gasteiger partial charge in [0.15, 0.2) is 0 Å². The molecule has 4 saturated carbocycles. The fourth-order valence-electron chi connectivity index (χ4n) is 9.93. The third kappa shape index (κ3) is 5.24. The second kappa shape index (κ2) is 11.1. The standard InChI is InChI=1S/C33H52O7/c1-20(15-18-34)26-11-12-27-25-10-9-23-19-24(13-16-31(23,6)28(25)14-17-32(26,27)7)38-29(37)30(4,5)33(8,39-21(2)35)40-22(3)36/h18,20,23-28H,9-17,19H2,1-8H3/t20?,23-,24-,25?,26-,27?,28?,31+,32-/m1/s1. The van der Waals surface area contributed by atoms with E-state index in [1.165, 1.54) is 52.9 Å². The zero-order chi connectivity index (χ0) is 29.7. The van der Waals surface area contributed by atoms with Crippen LogP contribution in [0.25, 0.3) is 0 Å². The second-order valence-corrected chi connectivity index (χ2v) is 14.8. The molecule has 7 heteroatoms. The topological polar surface area (TPSA) is 96.0 Å². The van der Waals surface area contributed by atoms with E-state index in [0.29, 0.717) is 35.5 Å². The monoisotopic (exact) mass is 560 g/mol. The summed E-state index contributed by atoms with van der Waals surface area (Å²) in [5.74, 6) is 0.275. The van der Waals surface area contributed by atoms with Gasteiger partial charge in [0, 0.05) is 27.2 Å². The third-order valence-corrected chi connectivity index (χ3v) is 12.4. The Morgan fingerprint density at radius 2 is 1.48 bits per heavy atom. The quantitative estimate of drug-likeness (QED) is 0.186. The molecular formula is C33H52O7. The third-order valence-electron chi connectivity index (χ3n) is 12.4. The van der Waals surface area contributed by atoms with Gasteiger partial charge >= 0.3 is 17.9 Å². The Balaban J connectivity index is 1.44. The van der Waals surface area contributed by atoms with Crippen LogP contribution in [0.1, 0.15) is 120 Å². The van der Waals surface area contributed by atoms with Crippen LogP contribution in [-0.4, -0.2) is 36.1 Å². The van der Waals surface area contributed by atoms with Crippen molar-refractivity contribution >= 4 is 24.2 Å². The summed E-state index contributed by atoms with van der Waals surface area (Å²) >= 11 is 0. The molecule has 0 aromatic rings. The van der Waals surface area contributed by atoms with Crippen LogP contribution in [0, 0.1) is 51.8 Å². The van der Waals surface area contributed by atoms with E-state index in [-0.39, 0.29) is 11.5 Å². The molecule has 9 atom stereocenters. The smallest absolute Gasteiger partial charge is 0.319 e. The van der Waals surface area contributed by atoms with Crippen molar-refractivity contribution in [1.82, 2.24) is 0 Å². The molecule has 7 nitrogen and oxygen atoms in total. The molecule has 0 radical (unpaired) electrons. The second-order valence-electron chi connectivity index (χ2n) is 14.8. The van der Waals surface area contributed by atoms with Gasteiger partial charge in [0.2, 0.25) is 0 Å². The molecule has 0 saturated heterocycles. The molecule has 0 aliphatic heterocycles. The highest BCUT2D eigenvalue weighted by atomic mass is 16.7. The van der Waals surface area contributed by atoms with Crippen LogP contribution in [0.3, 0.4) is 0 Å². The number of esters is 3. The Morgan fingerprint density at radius 1 is 0.875 bits per heavy atom. The molecule has 0 bridgehead atoms. The predicted octanol–water partition coefficient (Wildman–Crippen LogP) is 6.65. The lowest BCUT2D eigenvalue weighted by Crippen LogP contribution is -2.56. The van der Waals surface area contributed by atoms with Crippen LogP contribution in [0.2, 0.25) is 0 Å². The average Bonchev–Trinajstić information content (AvgIpc) is 3.20. The number of hydrogen-bond donors (Lipinski definition) is 0. The Hall–Kier alpha value is -1.92. The molecule has 4 unspecified atom stereocenters. The molecule has 0 N–H and O–H groups in total. The summed E-state index contributed by atoms with van der Waals surface area (Å²) in [5.41, 5.74) is -0.780. The van der Waals surface area contributed by atoms with Crippen molar-refractivity contribution in [3.05, 3.63) is 0 Å². The van der Waals surface area contributed by atoms with Gasteiger partial charge in [-0.1, -0.05) is 20.8 Å². The maximum atomic E-state index is 13.5. The van der Waals surface area contributed by atoms with Crippen LogP contribution in [0.4, 0.5) is 0 Å². The minimum absolute atomic E-state index is 0.200. The van der Waals surface area contributed by atoms with Gasteiger partial charge in [-0.15, -0.1) is 0 Å². The maximum absolute atomic E-state index is 13.5. The zero-order valence-corrected chi connectivity index (χ0v) is 26.0. The van der Waals surface area contributed by atoms with Crippen molar-refractivity contribution < 1.29 is 33.4 Å². The first kappa shape index (κ1) is 31.0. The van der Waals surface area contributed by atoms with Gasteiger partial charge in [-0.3, -0.25) is 14.4 Å². The summed E-state index contributed by atoms with van der Waals surface area (Å²) in [5, 5.41) is 0. The van der Waals surface area contributed by atoms with Gasteiger partial charge in [0.25, 0.3) is 5.79 Å². The van der Waals surface area contributed by atoms with Gasteiger partial charge < -0.3 is 19.0 Å². The van der Waals surface area contributed by atoms with Crippen molar-refractivity contribution in [3.8, 4) is 0 Å². The van der Waals surface area contributed by atoms with E-state index in [4.69, 9.17) is 14.2 Å². The minimum Gasteiger partial charge on any atom is -0.462 e. The summed E-state index contributed by atoms with van der Waals surface area (Å²) in [7, 11) is 0. The molecule has 40 heavy (non-hydrogen) atoms. The van der Waals surface area contributed by atoms with E-state index in [1.807, 2.05) is 0 Å². The summed E-state index contributed by atoms with van der Waals surface area (Å²) in [4.78, 5) is 48.3.